The molecule has 0 spiro atoms. The number of rotatable bonds is 7. The van der Waals surface area contributed by atoms with Crippen LogP contribution in [0.2, 0.25) is 0 Å². The van der Waals surface area contributed by atoms with Gasteiger partial charge in [0.1, 0.15) is 5.82 Å². The minimum Gasteiger partial charge on any atom is -0.353 e. The number of hydrogen-bond donors (Lipinski definition) is 2. The van der Waals surface area contributed by atoms with Crippen molar-refractivity contribution in [3.63, 3.8) is 0 Å². The van der Waals surface area contributed by atoms with Gasteiger partial charge < -0.3 is 10.6 Å². The molecule has 7 nitrogen and oxygen atoms in total. The fourth-order valence-corrected chi connectivity index (χ4v) is 3.43. The van der Waals surface area contributed by atoms with Gasteiger partial charge in [-0.3, -0.25) is 14.5 Å². The third-order valence-electron chi connectivity index (χ3n) is 4.94. The zero-order chi connectivity index (χ0) is 18.6. The number of amides is 2. The van der Waals surface area contributed by atoms with Crippen molar-refractivity contribution < 1.29 is 9.59 Å². The first kappa shape index (κ1) is 19.4. The zero-order valence-corrected chi connectivity index (χ0v) is 16.0. The van der Waals surface area contributed by atoms with Crippen molar-refractivity contribution in [2.24, 2.45) is 0 Å². The Hall–Kier alpha value is -1.89. The molecular weight excluding hydrogens is 318 g/mol. The van der Waals surface area contributed by atoms with Gasteiger partial charge in [0.25, 0.3) is 0 Å². The van der Waals surface area contributed by atoms with E-state index in [0.29, 0.717) is 6.54 Å². The van der Waals surface area contributed by atoms with E-state index in [1.807, 2.05) is 11.6 Å². The molecule has 1 saturated heterocycles. The smallest absolute Gasteiger partial charge is 0.237 e. The molecular formula is C18H31N5O2. The van der Waals surface area contributed by atoms with Gasteiger partial charge in [-0.1, -0.05) is 13.8 Å². The van der Waals surface area contributed by atoms with Gasteiger partial charge in [-0.15, -0.1) is 0 Å². The monoisotopic (exact) mass is 349 g/mol. The van der Waals surface area contributed by atoms with Gasteiger partial charge in [-0.2, -0.15) is 5.10 Å². The van der Waals surface area contributed by atoms with Crippen LogP contribution in [0.3, 0.4) is 0 Å². The zero-order valence-electron chi connectivity index (χ0n) is 16.0. The molecule has 2 amide bonds. The van der Waals surface area contributed by atoms with Crippen LogP contribution < -0.4 is 10.6 Å². The highest BCUT2D eigenvalue weighted by Gasteiger charge is 2.33. The summed E-state index contributed by atoms with van der Waals surface area (Å²) in [5, 5.41) is 10.3. The lowest BCUT2D eigenvalue weighted by Crippen LogP contribution is -2.58. The summed E-state index contributed by atoms with van der Waals surface area (Å²) < 4.78 is 1.90. The second-order valence-electron chi connectivity index (χ2n) is 6.98. The van der Waals surface area contributed by atoms with E-state index >= 15 is 0 Å². The Morgan fingerprint density at radius 3 is 2.68 bits per heavy atom. The van der Waals surface area contributed by atoms with Crippen LogP contribution in [0.25, 0.3) is 0 Å². The summed E-state index contributed by atoms with van der Waals surface area (Å²) in [7, 11) is 0. The first-order valence-electron chi connectivity index (χ1n) is 9.26. The van der Waals surface area contributed by atoms with Crippen LogP contribution in [-0.4, -0.2) is 51.7 Å². The summed E-state index contributed by atoms with van der Waals surface area (Å²) in [4.78, 5) is 27.0. The second-order valence-corrected chi connectivity index (χ2v) is 6.98. The van der Waals surface area contributed by atoms with E-state index in [1.165, 1.54) is 0 Å². The molecule has 0 aromatic carbocycles. The quantitative estimate of drug-likeness (QED) is 0.790. The van der Waals surface area contributed by atoms with Gasteiger partial charge in [-0.05, 0) is 33.6 Å². The predicted molar refractivity (Wildman–Crippen MR) is 98.5 cm³/mol. The van der Waals surface area contributed by atoms with Gasteiger partial charge in [-0.25, -0.2) is 4.68 Å². The largest absolute Gasteiger partial charge is 0.353 e. The maximum Gasteiger partial charge on any atom is 0.237 e. The van der Waals surface area contributed by atoms with Crippen molar-refractivity contribution in [1.82, 2.24) is 20.0 Å². The molecule has 1 aliphatic rings. The third-order valence-corrected chi connectivity index (χ3v) is 4.94. The van der Waals surface area contributed by atoms with Crippen LogP contribution >= 0.6 is 0 Å². The van der Waals surface area contributed by atoms with Crippen molar-refractivity contribution in [2.45, 2.75) is 72.0 Å². The van der Waals surface area contributed by atoms with E-state index < -0.39 is 6.04 Å². The average molecular weight is 349 g/mol. The maximum absolute atomic E-state index is 12.6. The highest BCUT2D eigenvalue weighted by molar-refractivity contribution is 5.95. The molecule has 1 aromatic heterocycles. The lowest BCUT2D eigenvalue weighted by Gasteiger charge is -2.37. The lowest BCUT2D eigenvalue weighted by molar-refractivity contribution is -0.133. The van der Waals surface area contributed by atoms with E-state index in [-0.39, 0.29) is 30.3 Å². The van der Waals surface area contributed by atoms with Crippen molar-refractivity contribution in [3.8, 4) is 0 Å². The molecule has 0 bridgehead atoms. The molecule has 2 rings (SSSR count). The summed E-state index contributed by atoms with van der Waals surface area (Å²) in [6, 6.07) is 0.0633. The van der Waals surface area contributed by atoms with Gasteiger partial charge >= 0.3 is 0 Å². The molecule has 0 aliphatic carbocycles. The number of nitrogens with one attached hydrogen (secondary N) is 2. The SMILES string of the molecule is CCC(CC)n1ncc(C)c1NC(=O)C[C@H]1C(=O)NCCN1C(C)C. The minimum atomic E-state index is -0.418. The molecule has 1 fully saturated rings. The Bertz CT molecular complexity index is 607. The molecule has 7 heteroatoms. The van der Waals surface area contributed by atoms with Crippen LogP contribution in [0.1, 0.15) is 58.6 Å². The van der Waals surface area contributed by atoms with Gasteiger partial charge in [0.05, 0.1) is 24.7 Å². The Balaban J connectivity index is 2.12. The fraction of sp³-hybridized carbons (Fsp3) is 0.722. The van der Waals surface area contributed by atoms with Gasteiger partial charge in [0, 0.05) is 24.7 Å². The minimum absolute atomic E-state index is 0.0691. The predicted octanol–water partition coefficient (Wildman–Crippen LogP) is 2.09. The number of carbonyl (C=O) groups excluding carboxylic acids is 2. The normalized spacial score (nSPS) is 18.7. The fourth-order valence-electron chi connectivity index (χ4n) is 3.43. The average Bonchev–Trinajstić information content (AvgIpc) is 2.91. The summed E-state index contributed by atoms with van der Waals surface area (Å²) in [5.41, 5.74) is 0.939. The standard InChI is InChI=1S/C18H31N5O2/c1-6-14(7-2)23-17(13(5)11-20-23)21-16(24)10-15-18(25)19-8-9-22(15)12(3)4/h11-12,14-15H,6-10H2,1-5H3,(H,19,25)(H,21,24)/t15-/m0/s1. The van der Waals surface area contributed by atoms with Crippen LogP contribution in [0.5, 0.6) is 0 Å². The number of aryl methyl sites for hydroxylation is 1. The number of piperazine rings is 1. The van der Waals surface area contributed by atoms with Crippen molar-refractivity contribution >= 4 is 17.6 Å². The first-order chi connectivity index (χ1) is 11.9. The third kappa shape index (κ3) is 4.39. The van der Waals surface area contributed by atoms with E-state index in [1.54, 1.807) is 6.20 Å². The van der Waals surface area contributed by atoms with Crippen molar-refractivity contribution in [3.05, 3.63) is 11.8 Å². The topological polar surface area (TPSA) is 79.3 Å². The van der Waals surface area contributed by atoms with E-state index in [0.717, 1.165) is 30.8 Å². The summed E-state index contributed by atoms with van der Waals surface area (Å²) in [5.74, 6) is 0.523. The van der Waals surface area contributed by atoms with Crippen LogP contribution in [0.4, 0.5) is 5.82 Å². The van der Waals surface area contributed by atoms with Crippen LogP contribution in [0.15, 0.2) is 6.20 Å². The molecule has 140 valence electrons. The van der Waals surface area contributed by atoms with Gasteiger partial charge in [0.15, 0.2) is 0 Å². The molecule has 2 heterocycles. The number of carbonyl (C=O) groups is 2. The van der Waals surface area contributed by atoms with Crippen LogP contribution in [0, 0.1) is 6.92 Å². The molecule has 1 aromatic rings. The van der Waals surface area contributed by atoms with E-state index in [9.17, 15) is 9.59 Å². The Morgan fingerprint density at radius 2 is 2.08 bits per heavy atom. The van der Waals surface area contributed by atoms with Crippen molar-refractivity contribution in [1.29, 1.82) is 0 Å². The molecule has 0 unspecified atom stereocenters. The highest BCUT2D eigenvalue weighted by Crippen LogP contribution is 2.24. The molecule has 1 aliphatic heterocycles. The Labute approximate surface area is 150 Å². The van der Waals surface area contributed by atoms with Crippen molar-refractivity contribution in [2.75, 3.05) is 18.4 Å². The number of nitrogens with zero attached hydrogens (tertiary/aromatic N) is 3. The number of hydrogen-bond acceptors (Lipinski definition) is 4. The second kappa shape index (κ2) is 8.47. The molecule has 0 saturated carbocycles. The Morgan fingerprint density at radius 1 is 1.40 bits per heavy atom. The lowest BCUT2D eigenvalue weighted by atomic mass is 10.1. The summed E-state index contributed by atoms with van der Waals surface area (Å²) in [6.07, 6.45) is 3.83. The number of anilines is 1. The molecule has 2 N–H and O–H groups in total. The maximum atomic E-state index is 12.6. The molecule has 1 atom stereocenters. The van der Waals surface area contributed by atoms with Gasteiger partial charge in [0.2, 0.25) is 11.8 Å². The number of aromatic nitrogens is 2. The van der Waals surface area contributed by atoms with E-state index in [4.69, 9.17) is 0 Å². The Kier molecular flexibility index (Phi) is 6.58. The summed E-state index contributed by atoms with van der Waals surface area (Å²) in [6.45, 7) is 11.7. The highest BCUT2D eigenvalue weighted by atomic mass is 16.2. The molecule has 0 radical (unpaired) electrons. The molecule has 25 heavy (non-hydrogen) atoms. The van der Waals surface area contributed by atoms with Crippen LogP contribution in [-0.2, 0) is 9.59 Å². The van der Waals surface area contributed by atoms with E-state index in [2.05, 4.69) is 48.3 Å². The summed E-state index contributed by atoms with van der Waals surface area (Å²) >= 11 is 0. The first-order valence-corrected chi connectivity index (χ1v) is 9.26.